The summed E-state index contributed by atoms with van der Waals surface area (Å²) in [6.07, 6.45) is 4.92. The molecule has 0 saturated carbocycles. The average Bonchev–Trinajstić information content (AvgIpc) is 2.33. The Kier molecular flexibility index (Phi) is 8.70. The van der Waals surface area contributed by atoms with Crippen LogP contribution in [-0.2, 0) is 4.79 Å². The number of carboxylic acids is 1. The van der Waals surface area contributed by atoms with Crippen LogP contribution in [0, 0.1) is 5.92 Å². The van der Waals surface area contributed by atoms with Crippen LogP contribution >= 0.6 is 0 Å². The van der Waals surface area contributed by atoms with Crippen LogP contribution in [0.1, 0.15) is 32.6 Å². The highest BCUT2D eigenvalue weighted by Gasteiger charge is 2.18. The summed E-state index contributed by atoms with van der Waals surface area (Å²) in [5, 5.41) is 11.6. The lowest BCUT2D eigenvalue weighted by molar-refractivity contribution is -0.141. The molecule has 0 aliphatic carbocycles. The minimum absolute atomic E-state index is 0.188. The van der Waals surface area contributed by atoms with E-state index >= 15 is 0 Å². The summed E-state index contributed by atoms with van der Waals surface area (Å²) in [6, 6.07) is -0.221. The molecule has 0 aromatic rings. The minimum atomic E-state index is -0.855. The van der Waals surface area contributed by atoms with E-state index in [-0.39, 0.29) is 12.6 Å². The maximum atomic E-state index is 11.7. The van der Waals surface area contributed by atoms with Crippen molar-refractivity contribution < 1.29 is 14.7 Å². The summed E-state index contributed by atoms with van der Waals surface area (Å²) in [6.45, 7) is 6.38. The van der Waals surface area contributed by atoms with Crippen molar-refractivity contribution in [3.63, 3.8) is 0 Å². The number of rotatable bonds is 9. The molecule has 0 rings (SSSR count). The minimum Gasteiger partial charge on any atom is -0.481 e. The Hall–Kier alpha value is -1.52. The molecule has 0 aromatic heterocycles. The number of urea groups is 1. The van der Waals surface area contributed by atoms with Gasteiger partial charge in [0.25, 0.3) is 0 Å². The van der Waals surface area contributed by atoms with E-state index in [1.807, 2.05) is 13.0 Å². The van der Waals surface area contributed by atoms with Gasteiger partial charge in [-0.15, -0.1) is 6.58 Å². The Labute approximate surface area is 109 Å². The molecular weight excluding hydrogens is 232 g/mol. The number of aliphatic carboxylic acids is 1. The first kappa shape index (κ1) is 16.5. The predicted molar refractivity (Wildman–Crippen MR) is 71.5 cm³/mol. The molecule has 0 spiro atoms. The number of carbonyl (C=O) groups excluding carboxylic acids is 1. The quantitative estimate of drug-likeness (QED) is 0.490. The molecule has 5 nitrogen and oxygen atoms in total. The molecule has 104 valence electrons. The average molecular weight is 256 g/mol. The van der Waals surface area contributed by atoms with E-state index in [4.69, 9.17) is 5.11 Å². The predicted octanol–water partition coefficient (Wildman–Crippen LogP) is 2.09. The molecule has 0 aliphatic heterocycles. The van der Waals surface area contributed by atoms with Crippen molar-refractivity contribution in [2.45, 2.75) is 32.6 Å². The fraction of sp³-hybridized carbons (Fsp3) is 0.692. The Balaban J connectivity index is 3.98. The van der Waals surface area contributed by atoms with Crippen LogP contribution in [-0.4, -0.2) is 42.1 Å². The smallest absolute Gasteiger partial charge is 0.317 e. The molecular formula is C13H24N2O3. The molecule has 18 heavy (non-hydrogen) atoms. The van der Waals surface area contributed by atoms with Crippen LogP contribution in [0.5, 0.6) is 0 Å². The van der Waals surface area contributed by atoms with E-state index in [0.717, 1.165) is 19.3 Å². The third-order valence-corrected chi connectivity index (χ3v) is 2.73. The van der Waals surface area contributed by atoms with Gasteiger partial charge in [-0.2, -0.15) is 0 Å². The normalized spacial score (nSPS) is 11.7. The second kappa shape index (κ2) is 9.50. The lowest BCUT2D eigenvalue weighted by atomic mass is 10.0. The van der Waals surface area contributed by atoms with Crippen LogP contribution in [0.3, 0.4) is 0 Å². The Morgan fingerprint density at radius 2 is 2.17 bits per heavy atom. The van der Waals surface area contributed by atoms with Crippen LogP contribution in [0.4, 0.5) is 4.79 Å². The molecule has 0 bridgehead atoms. The van der Waals surface area contributed by atoms with Crippen molar-refractivity contribution in [3.8, 4) is 0 Å². The van der Waals surface area contributed by atoms with E-state index in [1.54, 1.807) is 11.9 Å². The summed E-state index contributed by atoms with van der Waals surface area (Å²) < 4.78 is 0. The zero-order valence-electron chi connectivity index (χ0n) is 11.3. The SMILES string of the molecule is C=CCCCN(C)C(=O)NCC(CCC)C(=O)O. The number of carbonyl (C=O) groups is 2. The molecule has 0 heterocycles. The van der Waals surface area contributed by atoms with Gasteiger partial charge in [-0.3, -0.25) is 4.79 Å². The molecule has 0 aliphatic rings. The van der Waals surface area contributed by atoms with Crippen molar-refractivity contribution in [1.82, 2.24) is 10.2 Å². The van der Waals surface area contributed by atoms with Crippen molar-refractivity contribution in [2.24, 2.45) is 5.92 Å². The lowest BCUT2D eigenvalue weighted by Crippen LogP contribution is -2.41. The van der Waals surface area contributed by atoms with Gasteiger partial charge in [-0.25, -0.2) is 4.79 Å². The van der Waals surface area contributed by atoms with Gasteiger partial charge in [0.05, 0.1) is 5.92 Å². The Bertz CT molecular complexity index is 279. The Morgan fingerprint density at radius 3 is 2.67 bits per heavy atom. The third-order valence-electron chi connectivity index (χ3n) is 2.73. The molecule has 1 atom stereocenters. The van der Waals surface area contributed by atoms with E-state index < -0.39 is 11.9 Å². The van der Waals surface area contributed by atoms with Crippen molar-refractivity contribution in [1.29, 1.82) is 0 Å². The summed E-state index contributed by atoms with van der Waals surface area (Å²) in [5.41, 5.74) is 0. The second-order valence-corrected chi connectivity index (χ2v) is 4.36. The molecule has 1 unspecified atom stereocenters. The number of amides is 2. The standard InChI is InChI=1S/C13H24N2O3/c1-4-6-7-9-15(3)13(18)14-10-11(8-5-2)12(16)17/h4,11H,1,5-10H2,2-3H3,(H,14,18)(H,16,17). The number of carboxylic acid groups (broad SMARTS) is 1. The molecule has 0 fully saturated rings. The van der Waals surface area contributed by atoms with Crippen molar-refractivity contribution in [3.05, 3.63) is 12.7 Å². The number of hydrogen-bond donors (Lipinski definition) is 2. The van der Waals surface area contributed by atoms with Crippen molar-refractivity contribution >= 4 is 12.0 Å². The summed E-state index contributed by atoms with van der Waals surface area (Å²) in [4.78, 5) is 24.1. The van der Waals surface area contributed by atoms with Crippen molar-refractivity contribution in [2.75, 3.05) is 20.1 Å². The molecule has 2 N–H and O–H groups in total. The van der Waals surface area contributed by atoms with Crippen LogP contribution in [0.25, 0.3) is 0 Å². The lowest BCUT2D eigenvalue weighted by Gasteiger charge is -2.19. The van der Waals surface area contributed by atoms with Crippen LogP contribution in [0.2, 0.25) is 0 Å². The van der Waals surface area contributed by atoms with Gasteiger partial charge in [0.15, 0.2) is 0 Å². The van der Waals surface area contributed by atoms with Gasteiger partial charge in [0.1, 0.15) is 0 Å². The molecule has 5 heteroatoms. The van der Waals surface area contributed by atoms with Crippen LogP contribution in [0.15, 0.2) is 12.7 Å². The van der Waals surface area contributed by atoms with Gasteiger partial charge in [0.2, 0.25) is 0 Å². The summed E-state index contributed by atoms with van der Waals surface area (Å²) in [5.74, 6) is -1.35. The van der Waals surface area contributed by atoms with Gasteiger partial charge in [0, 0.05) is 20.1 Å². The topological polar surface area (TPSA) is 69.6 Å². The number of allylic oxidation sites excluding steroid dienone is 1. The number of nitrogens with zero attached hydrogens (tertiary/aromatic N) is 1. The third kappa shape index (κ3) is 6.93. The van der Waals surface area contributed by atoms with E-state index in [9.17, 15) is 9.59 Å². The highest BCUT2D eigenvalue weighted by molar-refractivity contribution is 5.75. The molecule has 2 amide bonds. The maximum Gasteiger partial charge on any atom is 0.317 e. The molecule has 0 saturated heterocycles. The number of hydrogen-bond acceptors (Lipinski definition) is 2. The number of unbranched alkanes of at least 4 members (excludes halogenated alkanes) is 1. The van der Waals surface area contributed by atoms with Crippen LogP contribution < -0.4 is 5.32 Å². The van der Waals surface area contributed by atoms with E-state index in [0.29, 0.717) is 13.0 Å². The van der Waals surface area contributed by atoms with E-state index in [1.165, 1.54) is 0 Å². The first-order chi connectivity index (χ1) is 8.52. The summed E-state index contributed by atoms with van der Waals surface area (Å²) in [7, 11) is 1.70. The van der Waals surface area contributed by atoms with Gasteiger partial charge < -0.3 is 15.3 Å². The largest absolute Gasteiger partial charge is 0.481 e. The molecule has 0 radical (unpaired) electrons. The molecule has 0 aromatic carbocycles. The zero-order valence-corrected chi connectivity index (χ0v) is 11.3. The second-order valence-electron chi connectivity index (χ2n) is 4.36. The maximum absolute atomic E-state index is 11.7. The fourth-order valence-corrected chi connectivity index (χ4v) is 1.58. The fourth-order valence-electron chi connectivity index (χ4n) is 1.58. The monoisotopic (exact) mass is 256 g/mol. The Morgan fingerprint density at radius 1 is 1.50 bits per heavy atom. The highest BCUT2D eigenvalue weighted by Crippen LogP contribution is 2.05. The van der Waals surface area contributed by atoms with Gasteiger partial charge in [-0.05, 0) is 19.3 Å². The number of nitrogens with one attached hydrogen (secondary N) is 1. The zero-order chi connectivity index (χ0) is 14.0. The van der Waals surface area contributed by atoms with E-state index in [2.05, 4.69) is 11.9 Å². The summed E-state index contributed by atoms with van der Waals surface area (Å²) >= 11 is 0. The van der Waals surface area contributed by atoms with Gasteiger partial charge >= 0.3 is 12.0 Å². The first-order valence-electron chi connectivity index (χ1n) is 6.35. The van der Waals surface area contributed by atoms with Gasteiger partial charge in [-0.1, -0.05) is 19.4 Å². The highest BCUT2D eigenvalue weighted by atomic mass is 16.4. The first-order valence-corrected chi connectivity index (χ1v) is 6.35.